The van der Waals surface area contributed by atoms with Crippen molar-refractivity contribution in [1.29, 1.82) is 0 Å². The van der Waals surface area contributed by atoms with E-state index in [0.29, 0.717) is 24.5 Å². The Labute approximate surface area is 111 Å². The van der Waals surface area contributed by atoms with Gasteiger partial charge in [0, 0.05) is 18.4 Å². The minimum Gasteiger partial charge on any atom is -0.491 e. The van der Waals surface area contributed by atoms with Crippen LogP contribution < -0.4 is 15.4 Å². The molecule has 3 N–H and O–H groups in total. The second-order valence-corrected chi connectivity index (χ2v) is 4.47. The van der Waals surface area contributed by atoms with Crippen molar-refractivity contribution in [2.75, 3.05) is 23.8 Å². The lowest BCUT2D eigenvalue weighted by Gasteiger charge is -2.20. The molecule has 19 heavy (non-hydrogen) atoms. The van der Waals surface area contributed by atoms with Gasteiger partial charge in [0.2, 0.25) is 0 Å². The molecule has 2 aromatic rings. The Morgan fingerprint density at radius 2 is 2.21 bits per heavy atom. The van der Waals surface area contributed by atoms with Crippen molar-refractivity contribution in [3.05, 3.63) is 42.2 Å². The number of ether oxygens (including phenoxy) is 1. The van der Waals surface area contributed by atoms with E-state index in [0.717, 1.165) is 17.9 Å². The number of anilines is 2. The molecule has 5 nitrogen and oxygen atoms in total. The van der Waals surface area contributed by atoms with Crippen LogP contribution in [-0.2, 0) is 0 Å². The van der Waals surface area contributed by atoms with Gasteiger partial charge in [0.05, 0.1) is 12.3 Å². The van der Waals surface area contributed by atoms with E-state index < -0.39 is 0 Å². The van der Waals surface area contributed by atoms with Gasteiger partial charge in [-0.15, -0.1) is 0 Å². The molecule has 1 aliphatic heterocycles. The van der Waals surface area contributed by atoms with Gasteiger partial charge in [-0.2, -0.15) is 0 Å². The average molecular weight is 257 g/mol. The van der Waals surface area contributed by atoms with Crippen LogP contribution in [0.15, 0.2) is 36.5 Å². The molecule has 0 spiro atoms. The predicted octanol–water partition coefficient (Wildman–Crippen LogP) is 2.03. The van der Waals surface area contributed by atoms with Crippen LogP contribution in [0.3, 0.4) is 0 Å². The summed E-state index contributed by atoms with van der Waals surface area (Å²) in [5.41, 5.74) is 7.50. The molecule has 0 unspecified atom stereocenters. The fourth-order valence-corrected chi connectivity index (χ4v) is 2.22. The van der Waals surface area contributed by atoms with Crippen molar-refractivity contribution in [3.63, 3.8) is 0 Å². The van der Waals surface area contributed by atoms with Gasteiger partial charge in [-0.05, 0) is 24.6 Å². The first-order valence-electron chi connectivity index (χ1n) is 6.23. The Balaban J connectivity index is 1.98. The molecule has 98 valence electrons. The summed E-state index contributed by atoms with van der Waals surface area (Å²) >= 11 is 0. The van der Waals surface area contributed by atoms with Crippen molar-refractivity contribution in [2.24, 2.45) is 0 Å². The van der Waals surface area contributed by atoms with Gasteiger partial charge in [0.25, 0.3) is 5.91 Å². The Hall–Kier alpha value is -2.43. The number of benzene rings is 1. The van der Waals surface area contributed by atoms with Gasteiger partial charge in [0.15, 0.2) is 0 Å². The van der Waals surface area contributed by atoms with E-state index in [1.165, 1.54) is 0 Å². The van der Waals surface area contributed by atoms with Crippen molar-refractivity contribution in [2.45, 2.75) is 6.42 Å². The minimum absolute atomic E-state index is 0.0883. The van der Waals surface area contributed by atoms with Crippen LogP contribution in [0.2, 0.25) is 0 Å². The van der Waals surface area contributed by atoms with Gasteiger partial charge in [0.1, 0.15) is 11.4 Å². The standard InChI is InChI=1S/C14H15N3O2/c15-10-8-11(16-9-10)14(18)17-6-3-7-19-13-5-2-1-4-12(13)17/h1-2,4-5,8-9,16H,3,6-7,15H2. The van der Waals surface area contributed by atoms with E-state index in [9.17, 15) is 4.79 Å². The van der Waals surface area contributed by atoms with Gasteiger partial charge in [-0.25, -0.2) is 0 Å². The lowest BCUT2D eigenvalue weighted by Crippen LogP contribution is -2.31. The Morgan fingerprint density at radius 3 is 3.00 bits per heavy atom. The Kier molecular flexibility index (Phi) is 2.87. The average Bonchev–Trinajstić information content (AvgIpc) is 2.74. The third-order valence-electron chi connectivity index (χ3n) is 3.12. The number of nitrogens with zero attached hydrogens (tertiary/aromatic N) is 1. The van der Waals surface area contributed by atoms with E-state index >= 15 is 0 Å². The van der Waals surface area contributed by atoms with E-state index in [1.807, 2.05) is 24.3 Å². The number of hydrogen-bond acceptors (Lipinski definition) is 3. The van der Waals surface area contributed by atoms with E-state index in [2.05, 4.69) is 4.98 Å². The second kappa shape index (κ2) is 4.68. The van der Waals surface area contributed by atoms with Crippen molar-refractivity contribution in [3.8, 4) is 5.75 Å². The van der Waals surface area contributed by atoms with Crippen LogP contribution in [0.5, 0.6) is 5.75 Å². The lowest BCUT2D eigenvalue weighted by molar-refractivity contribution is 0.0983. The molecule has 0 saturated heterocycles. The summed E-state index contributed by atoms with van der Waals surface area (Å²) < 4.78 is 5.64. The molecule has 0 saturated carbocycles. The molecule has 1 aromatic carbocycles. The van der Waals surface area contributed by atoms with E-state index in [1.54, 1.807) is 17.2 Å². The number of carbonyl (C=O) groups excluding carboxylic acids is 1. The first kappa shape index (κ1) is 11.6. The van der Waals surface area contributed by atoms with Gasteiger partial charge >= 0.3 is 0 Å². The van der Waals surface area contributed by atoms with Crippen LogP contribution in [0.1, 0.15) is 16.9 Å². The van der Waals surface area contributed by atoms with Crippen molar-refractivity contribution in [1.82, 2.24) is 4.98 Å². The molecule has 1 aromatic heterocycles. The summed E-state index contributed by atoms with van der Waals surface area (Å²) in [5, 5.41) is 0. The highest BCUT2D eigenvalue weighted by molar-refractivity contribution is 6.06. The number of aromatic amines is 1. The zero-order chi connectivity index (χ0) is 13.2. The highest BCUT2D eigenvalue weighted by Crippen LogP contribution is 2.31. The highest BCUT2D eigenvalue weighted by atomic mass is 16.5. The molecule has 0 aliphatic carbocycles. The molecule has 1 aliphatic rings. The number of para-hydroxylation sites is 2. The molecule has 0 bridgehead atoms. The molecule has 3 rings (SSSR count). The zero-order valence-corrected chi connectivity index (χ0v) is 10.4. The summed E-state index contributed by atoms with van der Waals surface area (Å²) in [6.07, 6.45) is 2.42. The van der Waals surface area contributed by atoms with Crippen LogP contribution >= 0.6 is 0 Å². The topological polar surface area (TPSA) is 71.4 Å². The van der Waals surface area contributed by atoms with Crippen LogP contribution in [0, 0.1) is 0 Å². The smallest absolute Gasteiger partial charge is 0.274 e. The zero-order valence-electron chi connectivity index (χ0n) is 10.4. The first-order valence-corrected chi connectivity index (χ1v) is 6.23. The third-order valence-corrected chi connectivity index (χ3v) is 3.12. The number of carbonyl (C=O) groups is 1. The van der Waals surface area contributed by atoms with Crippen LogP contribution in [-0.4, -0.2) is 24.0 Å². The maximum atomic E-state index is 12.5. The molecule has 0 fully saturated rings. The minimum atomic E-state index is -0.0883. The molecular weight excluding hydrogens is 242 g/mol. The number of aromatic nitrogens is 1. The van der Waals surface area contributed by atoms with E-state index in [4.69, 9.17) is 10.5 Å². The van der Waals surface area contributed by atoms with Gasteiger partial charge in [-0.3, -0.25) is 4.79 Å². The van der Waals surface area contributed by atoms with Crippen LogP contribution in [0.4, 0.5) is 11.4 Å². The number of nitrogen functional groups attached to an aromatic ring is 1. The summed E-state index contributed by atoms with van der Waals surface area (Å²) in [6.45, 7) is 1.25. The molecule has 2 heterocycles. The third kappa shape index (κ3) is 2.14. The quantitative estimate of drug-likeness (QED) is 0.821. The lowest BCUT2D eigenvalue weighted by atomic mass is 10.2. The molecule has 5 heteroatoms. The fraction of sp³-hybridized carbons (Fsp3) is 0.214. The molecule has 0 radical (unpaired) electrons. The Bertz CT molecular complexity index is 606. The molecule has 0 atom stereocenters. The number of nitrogens with two attached hydrogens (primary N) is 1. The number of hydrogen-bond donors (Lipinski definition) is 2. The maximum absolute atomic E-state index is 12.5. The summed E-state index contributed by atoms with van der Waals surface area (Å²) in [6, 6.07) is 9.22. The van der Waals surface area contributed by atoms with Crippen molar-refractivity contribution >= 4 is 17.3 Å². The molecule has 1 amide bonds. The number of H-pyrrole nitrogens is 1. The summed E-state index contributed by atoms with van der Waals surface area (Å²) in [4.78, 5) is 17.1. The van der Waals surface area contributed by atoms with Gasteiger partial charge in [-0.1, -0.05) is 12.1 Å². The maximum Gasteiger partial charge on any atom is 0.274 e. The van der Waals surface area contributed by atoms with Crippen LogP contribution in [0.25, 0.3) is 0 Å². The van der Waals surface area contributed by atoms with Gasteiger partial charge < -0.3 is 20.4 Å². The highest BCUT2D eigenvalue weighted by Gasteiger charge is 2.23. The molecular formula is C14H15N3O2. The summed E-state index contributed by atoms with van der Waals surface area (Å²) in [5.74, 6) is 0.655. The Morgan fingerprint density at radius 1 is 1.37 bits per heavy atom. The number of nitrogens with one attached hydrogen (secondary N) is 1. The number of fused-ring (bicyclic) bond motifs is 1. The predicted molar refractivity (Wildman–Crippen MR) is 73.4 cm³/mol. The fourth-order valence-electron chi connectivity index (χ4n) is 2.22. The number of amides is 1. The monoisotopic (exact) mass is 257 g/mol. The second-order valence-electron chi connectivity index (χ2n) is 4.47. The largest absolute Gasteiger partial charge is 0.491 e. The normalized spacial score (nSPS) is 14.4. The van der Waals surface area contributed by atoms with E-state index in [-0.39, 0.29) is 5.91 Å². The summed E-state index contributed by atoms with van der Waals surface area (Å²) in [7, 11) is 0. The SMILES string of the molecule is Nc1c[nH]c(C(=O)N2CCCOc3ccccc32)c1. The first-order chi connectivity index (χ1) is 9.25. The number of rotatable bonds is 1. The van der Waals surface area contributed by atoms with Crippen molar-refractivity contribution < 1.29 is 9.53 Å².